The van der Waals surface area contributed by atoms with Gasteiger partial charge in [0.05, 0.1) is 6.54 Å². The summed E-state index contributed by atoms with van der Waals surface area (Å²) in [6.45, 7) is 9.27. The molecule has 1 saturated heterocycles. The molecule has 0 aromatic heterocycles. The van der Waals surface area contributed by atoms with Crippen LogP contribution in [0.5, 0.6) is 0 Å². The third kappa shape index (κ3) is 5.64. The quantitative estimate of drug-likeness (QED) is 0.736. The van der Waals surface area contributed by atoms with Gasteiger partial charge in [-0.2, -0.15) is 0 Å². The zero-order valence-electron chi connectivity index (χ0n) is 12.5. The minimum absolute atomic E-state index is 0. The lowest BCUT2D eigenvalue weighted by molar-refractivity contribution is -0.140. The fourth-order valence-corrected chi connectivity index (χ4v) is 2.23. The topological polar surface area (TPSA) is 69.9 Å². The third-order valence-electron chi connectivity index (χ3n) is 3.60. The van der Waals surface area contributed by atoms with Gasteiger partial charge in [-0.3, -0.25) is 14.5 Å². The molecule has 0 unspecified atom stereocenters. The first-order valence-corrected chi connectivity index (χ1v) is 7.10. The molecule has 118 valence electrons. The van der Waals surface area contributed by atoms with Crippen LogP contribution in [0.15, 0.2) is 0 Å². The Bertz CT molecular complexity index is 303. The van der Waals surface area contributed by atoms with Gasteiger partial charge in [0.25, 0.3) is 0 Å². The van der Waals surface area contributed by atoms with Crippen molar-refractivity contribution in [1.82, 2.24) is 14.7 Å². The molecule has 0 aromatic rings. The largest absolute Gasteiger partial charge is 0.339 e. The molecule has 0 saturated carbocycles. The number of halogens is 1. The van der Waals surface area contributed by atoms with Gasteiger partial charge in [-0.15, -0.1) is 12.4 Å². The summed E-state index contributed by atoms with van der Waals surface area (Å²) in [6, 6.07) is 0. The van der Waals surface area contributed by atoms with Crippen LogP contribution in [0.3, 0.4) is 0 Å². The van der Waals surface area contributed by atoms with Crippen molar-refractivity contribution in [2.45, 2.75) is 20.3 Å². The van der Waals surface area contributed by atoms with Crippen molar-refractivity contribution < 1.29 is 9.59 Å². The Morgan fingerprint density at radius 1 is 1.00 bits per heavy atom. The Kier molecular flexibility index (Phi) is 9.54. The summed E-state index contributed by atoms with van der Waals surface area (Å²) in [5.41, 5.74) is 5.38. The molecule has 2 amide bonds. The Hall–Kier alpha value is -0.850. The minimum Gasteiger partial charge on any atom is -0.339 e. The fraction of sp³-hybridized carbons (Fsp3) is 0.846. The number of likely N-dealkylation sites (N-methyl/N-ethyl adjacent to an activating group) is 1. The third-order valence-corrected chi connectivity index (χ3v) is 3.60. The number of carbonyl (C=O) groups excluding carboxylic acids is 2. The van der Waals surface area contributed by atoms with Gasteiger partial charge in [-0.05, 0) is 13.1 Å². The molecule has 1 aliphatic rings. The highest BCUT2D eigenvalue weighted by Crippen LogP contribution is 2.04. The smallest absolute Gasteiger partial charge is 0.236 e. The van der Waals surface area contributed by atoms with Crippen molar-refractivity contribution in [2.24, 2.45) is 5.73 Å². The van der Waals surface area contributed by atoms with E-state index in [-0.39, 0.29) is 24.2 Å². The van der Waals surface area contributed by atoms with E-state index >= 15 is 0 Å². The van der Waals surface area contributed by atoms with Crippen LogP contribution in [0.25, 0.3) is 0 Å². The predicted octanol–water partition coefficient (Wildman–Crippen LogP) is -0.230. The number of carbonyl (C=O) groups is 2. The lowest BCUT2D eigenvalue weighted by Gasteiger charge is -2.35. The number of rotatable bonds is 6. The Morgan fingerprint density at radius 2 is 1.45 bits per heavy atom. The highest BCUT2D eigenvalue weighted by molar-refractivity contribution is 5.85. The van der Waals surface area contributed by atoms with Crippen LogP contribution in [0, 0.1) is 0 Å². The van der Waals surface area contributed by atoms with Gasteiger partial charge >= 0.3 is 0 Å². The number of nitrogens with zero attached hydrogens (tertiary/aromatic N) is 3. The summed E-state index contributed by atoms with van der Waals surface area (Å²) in [6.07, 6.45) is 0.396. The van der Waals surface area contributed by atoms with Crippen molar-refractivity contribution in [3.8, 4) is 0 Å². The molecule has 0 radical (unpaired) electrons. The zero-order valence-corrected chi connectivity index (χ0v) is 13.3. The second-order valence-electron chi connectivity index (χ2n) is 4.76. The summed E-state index contributed by atoms with van der Waals surface area (Å²) >= 11 is 0. The number of hydrogen-bond acceptors (Lipinski definition) is 4. The van der Waals surface area contributed by atoms with E-state index < -0.39 is 0 Å². The van der Waals surface area contributed by atoms with E-state index in [2.05, 4.69) is 18.7 Å². The summed E-state index contributed by atoms with van der Waals surface area (Å²) in [5, 5.41) is 0. The van der Waals surface area contributed by atoms with Crippen LogP contribution in [-0.2, 0) is 9.59 Å². The number of hydrogen-bond donors (Lipinski definition) is 1. The van der Waals surface area contributed by atoms with Crippen LogP contribution >= 0.6 is 12.4 Å². The van der Waals surface area contributed by atoms with Crippen LogP contribution in [0.2, 0.25) is 0 Å². The first-order chi connectivity index (χ1) is 9.12. The second kappa shape index (κ2) is 9.96. The van der Waals surface area contributed by atoms with E-state index in [4.69, 9.17) is 5.73 Å². The van der Waals surface area contributed by atoms with Gasteiger partial charge in [0.15, 0.2) is 0 Å². The van der Waals surface area contributed by atoms with Crippen molar-refractivity contribution in [2.75, 3.05) is 52.4 Å². The Labute approximate surface area is 127 Å². The van der Waals surface area contributed by atoms with E-state index in [1.54, 1.807) is 4.90 Å². The molecule has 0 aliphatic carbocycles. The second-order valence-corrected chi connectivity index (χ2v) is 4.76. The molecule has 6 nitrogen and oxygen atoms in total. The summed E-state index contributed by atoms with van der Waals surface area (Å²) in [5.74, 6) is 0.257. The molecular weight excluding hydrogens is 280 g/mol. The van der Waals surface area contributed by atoms with E-state index in [1.165, 1.54) is 0 Å². The molecule has 7 heteroatoms. The van der Waals surface area contributed by atoms with Gasteiger partial charge in [0.1, 0.15) is 0 Å². The fourth-order valence-electron chi connectivity index (χ4n) is 2.23. The highest BCUT2D eigenvalue weighted by Gasteiger charge is 2.24. The number of nitrogens with two attached hydrogens (primary N) is 1. The van der Waals surface area contributed by atoms with Crippen molar-refractivity contribution in [3.05, 3.63) is 0 Å². The first kappa shape index (κ1) is 19.1. The van der Waals surface area contributed by atoms with Gasteiger partial charge < -0.3 is 15.5 Å². The maximum absolute atomic E-state index is 12.1. The average Bonchev–Trinajstić information content (AvgIpc) is 2.45. The minimum atomic E-state index is 0. The molecule has 1 aliphatic heterocycles. The molecule has 1 heterocycles. The maximum Gasteiger partial charge on any atom is 0.236 e. The Morgan fingerprint density at radius 3 is 1.85 bits per heavy atom. The SMILES string of the molecule is CCN(CC)CC(=O)N1CCN(C(=O)CCN)CC1.Cl. The van der Waals surface area contributed by atoms with Crippen LogP contribution < -0.4 is 5.73 Å². The van der Waals surface area contributed by atoms with E-state index in [1.807, 2.05) is 4.90 Å². The highest BCUT2D eigenvalue weighted by atomic mass is 35.5. The molecule has 0 bridgehead atoms. The van der Waals surface area contributed by atoms with Crippen molar-refractivity contribution in [3.63, 3.8) is 0 Å². The lowest BCUT2D eigenvalue weighted by atomic mass is 10.2. The molecule has 1 rings (SSSR count). The molecule has 1 fully saturated rings. The number of piperazine rings is 1. The summed E-state index contributed by atoms with van der Waals surface area (Å²) in [7, 11) is 0. The predicted molar refractivity (Wildman–Crippen MR) is 81.9 cm³/mol. The van der Waals surface area contributed by atoms with Gasteiger partial charge in [-0.25, -0.2) is 0 Å². The standard InChI is InChI=1S/C13H26N4O2.ClH/c1-3-15(4-2)11-13(19)17-9-7-16(8-10-17)12(18)5-6-14;/h3-11,14H2,1-2H3;1H. The van der Waals surface area contributed by atoms with Gasteiger partial charge in [0.2, 0.25) is 11.8 Å². The lowest BCUT2D eigenvalue weighted by Crippen LogP contribution is -2.52. The van der Waals surface area contributed by atoms with Crippen molar-refractivity contribution >= 4 is 24.2 Å². The molecule has 0 spiro atoms. The van der Waals surface area contributed by atoms with Crippen LogP contribution in [-0.4, -0.2) is 78.9 Å². The zero-order chi connectivity index (χ0) is 14.3. The van der Waals surface area contributed by atoms with E-state index in [0.29, 0.717) is 45.7 Å². The molecule has 0 aromatic carbocycles. The van der Waals surface area contributed by atoms with Gasteiger partial charge in [0, 0.05) is 39.1 Å². The molecule has 0 atom stereocenters. The molecular formula is C13H27ClN4O2. The summed E-state index contributed by atoms with van der Waals surface area (Å²) in [4.78, 5) is 29.5. The molecule has 2 N–H and O–H groups in total. The van der Waals surface area contributed by atoms with Crippen LogP contribution in [0.1, 0.15) is 20.3 Å². The molecule has 20 heavy (non-hydrogen) atoms. The van der Waals surface area contributed by atoms with E-state index in [0.717, 1.165) is 13.1 Å². The monoisotopic (exact) mass is 306 g/mol. The first-order valence-electron chi connectivity index (χ1n) is 7.10. The maximum atomic E-state index is 12.1. The normalized spacial score (nSPS) is 15.2. The number of amides is 2. The van der Waals surface area contributed by atoms with E-state index in [9.17, 15) is 9.59 Å². The Balaban J connectivity index is 0.00000361. The van der Waals surface area contributed by atoms with Gasteiger partial charge in [-0.1, -0.05) is 13.8 Å². The van der Waals surface area contributed by atoms with Crippen LogP contribution in [0.4, 0.5) is 0 Å². The summed E-state index contributed by atoms with van der Waals surface area (Å²) < 4.78 is 0. The average molecular weight is 307 g/mol. The van der Waals surface area contributed by atoms with Crippen molar-refractivity contribution in [1.29, 1.82) is 0 Å².